The van der Waals surface area contributed by atoms with E-state index in [1.165, 1.54) is 73.7 Å². The molecule has 9 nitrogen and oxygen atoms in total. The number of ether oxygens (including phenoxy) is 6. The van der Waals surface area contributed by atoms with E-state index in [4.69, 9.17) is 18.9 Å². The Morgan fingerprint density at radius 1 is 0.617 bits per heavy atom. The molecule has 0 unspecified atom stereocenters. The highest BCUT2D eigenvalue weighted by atomic mass is 19.4. The highest BCUT2D eigenvalue weighted by Crippen LogP contribution is 2.36. The van der Waals surface area contributed by atoms with E-state index >= 15 is 0 Å². The topological polar surface area (TPSA) is 92.8 Å². The first-order valence-corrected chi connectivity index (χ1v) is 13.5. The van der Waals surface area contributed by atoms with E-state index in [2.05, 4.69) is 9.47 Å². The highest BCUT2D eigenvalue weighted by Gasteiger charge is 2.34. The number of methoxy groups -OCH3 is 4. The number of carbonyl (C=O) groups excluding carboxylic acids is 2. The molecule has 0 spiro atoms. The number of ketones is 1. The van der Waals surface area contributed by atoms with Gasteiger partial charge in [-0.3, -0.25) is 9.59 Å². The number of halogens is 6. The SMILES string of the molecule is COc1ccc(C(=O)N2CC(=Cc3ccc(OC)c(OC(F)(F)F)c3)C(=O)C(=Cc3ccc(OC)c(OC(F)(F)F)c3)C2)cc1OC. The van der Waals surface area contributed by atoms with Crippen molar-refractivity contribution in [1.82, 2.24) is 4.90 Å². The van der Waals surface area contributed by atoms with Crippen LogP contribution in [-0.4, -0.2) is 70.8 Å². The van der Waals surface area contributed by atoms with Crippen LogP contribution in [0.4, 0.5) is 26.3 Å². The molecule has 1 fully saturated rings. The fourth-order valence-electron chi connectivity index (χ4n) is 4.71. The van der Waals surface area contributed by atoms with Gasteiger partial charge in [0.1, 0.15) is 0 Å². The Morgan fingerprint density at radius 2 is 1.02 bits per heavy atom. The number of rotatable bonds is 9. The number of nitrogens with zero attached hydrogens (tertiary/aromatic N) is 1. The van der Waals surface area contributed by atoms with Gasteiger partial charge in [-0.15, -0.1) is 26.3 Å². The molecule has 1 amide bonds. The van der Waals surface area contributed by atoms with E-state index in [0.29, 0.717) is 5.75 Å². The molecule has 250 valence electrons. The Labute approximate surface area is 264 Å². The maximum absolute atomic E-state index is 13.7. The number of hydrogen-bond acceptors (Lipinski definition) is 8. The van der Waals surface area contributed by atoms with Crippen LogP contribution in [-0.2, 0) is 4.79 Å². The molecular formula is C32H27F6NO8. The monoisotopic (exact) mass is 667 g/mol. The van der Waals surface area contributed by atoms with E-state index < -0.39 is 35.9 Å². The summed E-state index contributed by atoms with van der Waals surface area (Å²) in [6, 6.07) is 11.6. The van der Waals surface area contributed by atoms with Crippen molar-refractivity contribution < 1.29 is 64.4 Å². The normalized spacial score (nSPS) is 15.4. The van der Waals surface area contributed by atoms with Crippen molar-refractivity contribution in [3.8, 4) is 34.5 Å². The van der Waals surface area contributed by atoms with Crippen molar-refractivity contribution in [2.45, 2.75) is 12.7 Å². The molecule has 0 atom stereocenters. The second kappa shape index (κ2) is 14.0. The van der Waals surface area contributed by atoms with E-state index in [0.717, 1.165) is 26.4 Å². The highest BCUT2D eigenvalue weighted by molar-refractivity contribution is 6.16. The van der Waals surface area contributed by atoms with Gasteiger partial charge in [0.25, 0.3) is 5.91 Å². The van der Waals surface area contributed by atoms with Crippen molar-refractivity contribution in [3.63, 3.8) is 0 Å². The maximum atomic E-state index is 13.7. The zero-order valence-electron chi connectivity index (χ0n) is 25.2. The number of piperidine rings is 1. The number of hydrogen-bond donors (Lipinski definition) is 0. The van der Waals surface area contributed by atoms with Gasteiger partial charge in [-0.2, -0.15) is 0 Å². The summed E-state index contributed by atoms with van der Waals surface area (Å²) in [5.41, 5.74) is 0.350. The Kier molecular flexibility index (Phi) is 10.3. The summed E-state index contributed by atoms with van der Waals surface area (Å²) in [5.74, 6) is -2.32. The van der Waals surface area contributed by atoms with Gasteiger partial charge in [0, 0.05) is 16.7 Å². The van der Waals surface area contributed by atoms with Gasteiger partial charge in [0.2, 0.25) is 0 Å². The van der Waals surface area contributed by atoms with Gasteiger partial charge in [0.15, 0.2) is 40.3 Å². The quantitative estimate of drug-likeness (QED) is 0.184. The Morgan fingerprint density at radius 3 is 1.43 bits per heavy atom. The molecule has 1 aliphatic rings. The number of likely N-dealkylation sites (tertiary alicyclic amines) is 1. The molecule has 0 bridgehead atoms. The van der Waals surface area contributed by atoms with Crippen molar-refractivity contribution in [2.24, 2.45) is 0 Å². The predicted octanol–water partition coefficient (Wildman–Crippen LogP) is 6.71. The second-order valence-electron chi connectivity index (χ2n) is 9.82. The molecule has 1 aliphatic heterocycles. The molecule has 0 radical (unpaired) electrons. The molecule has 3 aromatic carbocycles. The standard InChI is InChI=1S/C32H27F6NO8/c1-42-23-10-7-20(15-26(23)45-4)30(41)39-16-21(11-18-5-8-24(43-2)27(13-18)46-31(33,34)35)29(40)22(17-39)12-19-6-9-25(44-3)28(14-19)47-32(36,37)38/h5-15H,16-17H2,1-4H3. The Bertz CT molecular complexity index is 1630. The zero-order chi connectivity index (χ0) is 34.5. The van der Waals surface area contributed by atoms with Gasteiger partial charge in [0.05, 0.1) is 41.5 Å². The molecule has 0 aliphatic carbocycles. The minimum atomic E-state index is -5.04. The fourth-order valence-corrected chi connectivity index (χ4v) is 4.71. The second-order valence-corrected chi connectivity index (χ2v) is 9.82. The van der Waals surface area contributed by atoms with E-state index in [1.807, 2.05) is 0 Å². The van der Waals surface area contributed by atoms with Crippen molar-refractivity contribution in [2.75, 3.05) is 41.5 Å². The van der Waals surface area contributed by atoms with Crippen molar-refractivity contribution in [3.05, 3.63) is 82.4 Å². The Balaban J connectivity index is 1.80. The largest absolute Gasteiger partial charge is 0.573 e. The summed E-state index contributed by atoms with van der Waals surface area (Å²) in [6.45, 7) is -0.536. The van der Waals surface area contributed by atoms with Crippen LogP contribution in [0, 0.1) is 0 Å². The number of carbonyl (C=O) groups is 2. The van der Waals surface area contributed by atoms with Crippen LogP contribution in [0.2, 0.25) is 0 Å². The van der Waals surface area contributed by atoms with Crippen LogP contribution in [0.25, 0.3) is 12.2 Å². The lowest BCUT2D eigenvalue weighted by atomic mass is 9.93. The van der Waals surface area contributed by atoms with Crippen LogP contribution < -0.4 is 28.4 Å². The molecule has 4 rings (SSSR count). The number of alkyl halides is 6. The smallest absolute Gasteiger partial charge is 0.493 e. The van der Waals surface area contributed by atoms with Crippen LogP contribution >= 0.6 is 0 Å². The van der Waals surface area contributed by atoms with Crippen LogP contribution in [0.5, 0.6) is 34.5 Å². The first-order valence-electron chi connectivity index (χ1n) is 13.5. The van der Waals surface area contributed by atoms with Gasteiger partial charge in [-0.25, -0.2) is 0 Å². The number of benzene rings is 3. The summed E-state index contributed by atoms with van der Waals surface area (Å²) in [4.78, 5) is 28.7. The van der Waals surface area contributed by atoms with E-state index in [-0.39, 0.29) is 58.2 Å². The molecule has 0 aromatic heterocycles. The minimum Gasteiger partial charge on any atom is -0.493 e. The van der Waals surface area contributed by atoms with E-state index in [1.54, 1.807) is 0 Å². The third-order valence-electron chi connectivity index (χ3n) is 6.73. The molecule has 15 heteroatoms. The molecule has 1 saturated heterocycles. The van der Waals surface area contributed by atoms with Crippen LogP contribution in [0.15, 0.2) is 65.7 Å². The summed E-state index contributed by atoms with van der Waals surface area (Å²) in [7, 11) is 5.10. The average Bonchev–Trinajstić information content (AvgIpc) is 3.01. The third kappa shape index (κ3) is 8.68. The zero-order valence-corrected chi connectivity index (χ0v) is 25.2. The van der Waals surface area contributed by atoms with Gasteiger partial charge in [-0.1, -0.05) is 12.1 Å². The molecule has 0 saturated carbocycles. The van der Waals surface area contributed by atoms with Crippen molar-refractivity contribution in [1.29, 1.82) is 0 Å². The molecule has 3 aromatic rings. The van der Waals surface area contributed by atoms with Gasteiger partial charge in [-0.05, 0) is 65.7 Å². The lowest BCUT2D eigenvalue weighted by Crippen LogP contribution is -2.41. The molecule has 0 N–H and O–H groups in total. The first kappa shape index (κ1) is 34.5. The molecular weight excluding hydrogens is 640 g/mol. The Hall–Kier alpha value is -5.34. The minimum absolute atomic E-state index is 0.0141. The summed E-state index contributed by atoms with van der Waals surface area (Å²) < 4.78 is 107. The van der Waals surface area contributed by atoms with Crippen LogP contribution in [0.1, 0.15) is 21.5 Å². The third-order valence-corrected chi connectivity index (χ3v) is 6.73. The van der Waals surface area contributed by atoms with Crippen molar-refractivity contribution >= 4 is 23.8 Å². The first-order chi connectivity index (χ1) is 22.1. The lowest BCUT2D eigenvalue weighted by Gasteiger charge is -2.30. The average molecular weight is 668 g/mol. The summed E-state index contributed by atoms with van der Waals surface area (Å²) >= 11 is 0. The lowest BCUT2D eigenvalue weighted by molar-refractivity contribution is -0.276. The molecule has 1 heterocycles. The fraction of sp³-hybridized carbons (Fsp3) is 0.250. The molecule has 47 heavy (non-hydrogen) atoms. The summed E-state index contributed by atoms with van der Waals surface area (Å²) in [5, 5.41) is 0. The van der Waals surface area contributed by atoms with E-state index in [9.17, 15) is 35.9 Å². The van der Waals surface area contributed by atoms with Crippen LogP contribution in [0.3, 0.4) is 0 Å². The summed E-state index contributed by atoms with van der Waals surface area (Å²) in [6.07, 6.45) is -7.52. The number of amides is 1. The number of Topliss-reactive ketones (excluding diaryl/α,β-unsaturated/α-hetero) is 1. The predicted molar refractivity (Wildman–Crippen MR) is 156 cm³/mol. The maximum Gasteiger partial charge on any atom is 0.573 e. The van der Waals surface area contributed by atoms with Gasteiger partial charge >= 0.3 is 12.7 Å². The van der Waals surface area contributed by atoms with Gasteiger partial charge < -0.3 is 33.3 Å².